The molecule has 1 aliphatic rings. The van der Waals surface area contributed by atoms with Crippen molar-refractivity contribution in [2.24, 2.45) is 10.2 Å². The minimum Gasteiger partial charge on any atom is -0.484 e. The van der Waals surface area contributed by atoms with Gasteiger partial charge in [0.1, 0.15) is 5.75 Å². The number of aromatic nitrogens is 2. The van der Waals surface area contributed by atoms with E-state index in [-0.39, 0.29) is 18.6 Å². The van der Waals surface area contributed by atoms with E-state index in [1.807, 2.05) is 50.2 Å². The Hall–Kier alpha value is -3.19. The van der Waals surface area contributed by atoms with Gasteiger partial charge in [-0.15, -0.1) is 0 Å². The third-order valence-corrected chi connectivity index (χ3v) is 5.17. The quantitative estimate of drug-likeness (QED) is 0.603. The molecule has 2 N–H and O–H groups in total. The van der Waals surface area contributed by atoms with E-state index in [0.717, 1.165) is 33.5 Å². The maximum absolute atomic E-state index is 11.7. The van der Waals surface area contributed by atoms with Crippen molar-refractivity contribution in [3.63, 3.8) is 0 Å². The van der Waals surface area contributed by atoms with E-state index in [1.54, 1.807) is 6.20 Å². The lowest BCUT2D eigenvalue weighted by atomic mass is 10.00. The lowest BCUT2D eigenvalue weighted by Crippen LogP contribution is -2.34. The fraction of sp³-hybridized carbons (Fsp3) is 0.273. The third-order valence-electron chi connectivity index (χ3n) is 4.72. The van der Waals surface area contributed by atoms with Crippen LogP contribution >= 0.6 is 11.6 Å². The van der Waals surface area contributed by atoms with Crippen molar-refractivity contribution < 1.29 is 9.53 Å². The number of hydrogen-bond donors (Lipinski definition) is 2. The smallest absolute Gasteiger partial charge is 0.258 e. The molecule has 0 saturated carbocycles. The van der Waals surface area contributed by atoms with E-state index in [9.17, 15) is 4.79 Å². The molecular weight excluding hydrogens is 402 g/mol. The Labute approximate surface area is 179 Å². The second-order valence-corrected chi connectivity index (χ2v) is 7.85. The van der Waals surface area contributed by atoms with Crippen LogP contribution in [-0.2, 0) is 11.2 Å². The van der Waals surface area contributed by atoms with Gasteiger partial charge in [-0.3, -0.25) is 9.89 Å². The van der Waals surface area contributed by atoms with E-state index in [2.05, 4.69) is 25.7 Å². The number of halogens is 1. The Bertz CT molecular complexity index is 1130. The molecule has 0 radical (unpaired) electrons. The summed E-state index contributed by atoms with van der Waals surface area (Å²) in [6.07, 6.45) is 3.03. The van der Waals surface area contributed by atoms with E-state index in [4.69, 9.17) is 16.3 Å². The molecule has 0 unspecified atom stereocenters. The molecule has 1 aliphatic heterocycles. The molecule has 0 atom stereocenters. The second kappa shape index (κ2) is 8.67. The molecule has 0 aliphatic carbocycles. The minimum absolute atomic E-state index is 0.00645. The van der Waals surface area contributed by atoms with Crippen LogP contribution in [0.25, 0.3) is 10.9 Å². The first-order chi connectivity index (χ1) is 14.5. The van der Waals surface area contributed by atoms with Crippen LogP contribution in [0, 0.1) is 0 Å². The summed E-state index contributed by atoms with van der Waals surface area (Å²) in [5.74, 6) is 0.497. The van der Waals surface area contributed by atoms with Gasteiger partial charge in [0, 0.05) is 24.3 Å². The van der Waals surface area contributed by atoms with E-state index < -0.39 is 0 Å². The molecular formula is C22H22ClN5O2. The standard InChI is InChI=1S/C22H22ClN5O2/c1-13(2)25-21(29)12-30-17-6-3-14(4-7-17)20-10-16(26-28-20)9-15-5-8-19-18(22(15)23)11-24-27-19/h3-8,11,13H,9-10,12H2,1-2H3,(H,24,27)(H,25,29). The predicted molar refractivity (Wildman–Crippen MR) is 119 cm³/mol. The van der Waals surface area contributed by atoms with Gasteiger partial charge in [0.25, 0.3) is 5.91 Å². The lowest BCUT2D eigenvalue weighted by Gasteiger charge is -2.10. The molecule has 4 rings (SSSR count). The van der Waals surface area contributed by atoms with Gasteiger partial charge in [-0.2, -0.15) is 15.3 Å². The zero-order chi connectivity index (χ0) is 21.1. The van der Waals surface area contributed by atoms with Crippen molar-refractivity contribution in [2.75, 3.05) is 6.61 Å². The molecule has 2 heterocycles. The average molecular weight is 424 g/mol. The summed E-state index contributed by atoms with van der Waals surface area (Å²) in [6.45, 7) is 3.82. The van der Waals surface area contributed by atoms with Gasteiger partial charge in [-0.1, -0.05) is 17.7 Å². The molecule has 1 amide bonds. The van der Waals surface area contributed by atoms with Crippen LogP contribution in [0.4, 0.5) is 0 Å². The summed E-state index contributed by atoms with van der Waals surface area (Å²) < 4.78 is 5.53. The summed E-state index contributed by atoms with van der Waals surface area (Å²) >= 11 is 6.52. The molecule has 3 aromatic rings. The number of carbonyl (C=O) groups is 1. The van der Waals surface area contributed by atoms with Crippen LogP contribution in [0.3, 0.4) is 0 Å². The fourth-order valence-corrected chi connectivity index (χ4v) is 3.57. The van der Waals surface area contributed by atoms with E-state index in [0.29, 0.717) is 23.6 Å². The first kappa shape index (κ1) is 20.1. The number of ether oxygens (including phenoxy) is 1. The number of amides is 1. The number of carbonyl (C=O) groups excluding carboxylic acids is 1. The molecule has 154 valence electrons. The Kier molecular flexibility index (Phi) is 5.81. The highest BCUT2D eigenvalue weighted by Crippen LogP contribution is 2.27. The van der Waals surface area contributed by atoms with Crippen molar-refractivity contribution >= 4 is 39.8 Å². The zero-order valence-electron chi connectivity index (χ0n) is 16.8. The summed E-state index contributed by atoms with van der Waals surface area (Å²) in [5, 5.41) is 20.0. The Morgan fingerprint density at radius 3 is 2.77 bits per heavy atom. The van der Waals surface area contributed by atoms with Gasteiger partial charge in [-0.05, 0) is 55.3 Å². The first-order valence-corrected chi connectivity index (χ1v) is 10.1. The van der Waals surface area contributed by atoms with Gasteiger partial charge in [0.05, 0.1) is 28.2 Å². The normalized spacial score (nSPS) is 13.5. The zero-order valence-corrected chi connectivity index (χ0v) is 17.5. The molecule has 0 saturated heterocycles. The van der Waals surface area contributed by atoms with Gasteiger partial charge in [0.2, 0.25) is 0 Å². The number of hydrogen-bond acceptors (Lipinski definition) is 5. The van der Waals surface area contributed by atoms with Gasteiger partial charge >= 0.3 is 0 Å². The highest BCUT2D eigenvalue weighted by Gasteiger charge is 2.17. The number of rotatable bonds is 7. The highest BCUT2D eigenvalue weighted by molar-refractivity contribution is 6.36. The second-order valence-electron chi connectivity index (χ2n) is 7.47. The van der Waals surface area contributed by atoms with Crippen LogP contribution in [0.1, 0.15) is 31.4 Å². The molecule has 2 aromatic carbocycles. The van der Waals surface area contributed by atoms with Gasteiger partial charge < -0.3 is 10.1 Å². The number of fused-ring (bicyclic) bond motifs is 1. The van der Waals surface area contributed by atoms with E-state index >= 15 is 0 Å². The van der Waals surface area contributed by atoms with Crippen LogP contribution in [-0.4, -0.2) is 40.2 Å². The van der Waals surface area contributed by atoms with Crippen LogP contribution < -0.4 is 10.1 Å². The fourth-order valence-electron chi connectivity index (χ4n) is 3.29. The van der Waals surface area contributed by atoms with Crippen LogP contribution in [0.15, 0.2) is 52.8 Å². The summed E-state index contributed by atoms with van der Waals surface area (Å²) in [6, 6.07) is 11.6. The van der Waals surface area contributed by atoms with Crippen molar-refractivity contribution in [3.05, 3.63) is 58.7 Å². The molecule has 8 heteroatoms. The number of aromatic amines is 1. The third kappa shape index (κ3) is 4.52. The monoisotopic (exact) mass is 423 g/mol. The Morgan fingerprint density at radius 1 is 1.20 bits per heavy atom. The summed E-state index contributed by atoms with van der Waals surface area (Å²) in [7, 11) is 0. The summed E-state index contributed by atoms with van der Waals surface area (Å²) in [4.78, 5) is 11.7. The minimum atomic E-state index is -0.139. The average Bonchev–Trinajstić information content (AvgIpc) is 3.38. The van der Waals surface area contributed by atoms with Crippen LogP contribution in [0.2, 0.25) is 5.02 Å². The van der Waals surface area contributed by atoms with Crippen molar-refractivity contribution in [1.29, 1.82) is 0 Å². The topological polar surface area (TPSA) is 91.7 Å². The number of nitrogens with zero attached hydrogens (tertiary/aromatic N) is 3. The van der Waals surface area contributed by atoms with Crippen LogP contribution in [0.5, 0.6) is 5.75 Å². The summed E-state index contributed by atoms with van der Waals surface area (Å²) in [5.41, 5.74) is 4.75. The number of benzene rings is 2. The van der Waals surface area contributed by atoms with Crippen molar-refractivity contribution in [2.45, 2.75) is 32.7 Å². The number of H-pyrrole nitrogens is 1. The maximum Gasteiger partial charge on any atom is 0.258 e. The molecule has 0 spiro atoms. The van der Waals surface area contributed by atoms with E-state index in [1.165, 1.54) is 0 Å². The number of nitrogens with one attached hydrogen (secondary N) is 2. The lowest BCUT2D eigenvalue weighted by molar-refractivity contribution is -0.123. The largest absolute Gasteiger partial charge is 0.484 e. The molecule has 30 heavy (non-hydrogen) atoms. The SMILES string of the molecule is CC(C)NC(=O)COc1ccc(C2=NN=C(Cc3ccc4[nH]ncc4c3Cl)C2)cc1. The maximum atomic E-state index is 11.7. The molecule has 0 fully saturated rings. The van der Waals surface area contributed by atoms with Crippen molar-refractivity contribution in [1.82, 2.24) is 15.5 Å². The molecule has 0 bridgehead atoms. The Morgan fingerprint density at radius 2 is 2.00 bits per heavy atom. The predicted octanol–water partition coefficient (Wildman–Crippen LogP) is 3.91. The van der Waals surface area contributed by atoms with Gasteiger partial charge in [0.15, 0.2) is 6.61 Å². The van der Waals surface area contributed by atoms with Crippen molar-refractivity contribution in [3.8, 4) is 5.75 Å². The Balaban J connectivity index is 1.34. The van der Waals surface area contributed by atoms with Gasteiger partial charge in [-0.25, -0.2) is 0 Å². The highest BCUT2D eigenvalue weighted by atomic mass is 35.5. The first-order valence-electron chi connectivity index (χ1n) is 9.75. The molecule has 7 nitrogen and oxygen atoms in total. The molecule has 1 aromatic heterocycles.